The van der Waals surface area contributed by atoms with E-state index >= 15 is 0 Å². The number of rotatable bonds is 5. The molecule has 2 nitrogen and oxygen atoms in total. The van der Waals surface area contributed by atoms with Gasteiger partial charge in [-0.15, -0.1) is 0 Å². The van der Waals surface area contributed by atoms with Crippen LogP contribution in [0.2, 0.25) is 0 Å². The summed E-state index contributed by atoms with van der Waals surface area (Å²) in [6.45, 7) is 2.50. The van der Waals surface area contributed by atoms with Crippen LogP contribution in [-0.2, 0) is 4.84 Å². The second kappa shape index (κ2) is 6.11. The van der Waals surface area contributed by atoms with Crippen LogP contribution >= 0.6 is 0 Å². The molecule has 0 atom stereocenters. The van der Waals surface area contributed by atoms with Crippen molar-refractivity contribution >= 4 is 6.21 Å². The molecule has 15 heavy (non-hydrogen) atoms. The number of halogens is 2. The molecular weight excluding hydrogens is 200 g/mol. The minimum atomic E-state index is -2.44. The second-order valence-corrected chi connectivity index (χ2v) is 2.96. The molecule has 0 amide bonds. The molecule has 1 aromatic rings. The Hall–Kier alpha value is -1.45. The molecule has 0 bridgehead atoms. The number of alkyl halides is 2. The lowest BCUT2D eigenvalue weighted by molar-refractivity contribution is 0.146. The molecule has 1 rings (SSSR count). The lowest BCUT2D eigenvalue weighted by Gasteiger charge is -1.98. The molecule has 0 aromatic heterocycles. The molecule has 81 valence electrons. The smallest absolute Gasteiger partial charge is 0.263 e. The topological polar surface area (TPSA) is 21.6 Å². The summed E-state index contributed by atoms with van der Waals surface area (Å²) in [6.07, 6.45) is 1.04. The Morgan fingerprint density at radius 1 is 1.33 bits per heavy atom. The molecule has 0 saturated carbocycles. The number of benzene rings is 1. The van der Waals surface area contributed by atoms with Gasteiger partial charge in [0, 0.05) is 11.1 Å². The first-order valence-electron chi connectivity index (χ1n) is 4.70. The highest BCUT2D eigenvalue weighted by Crippen LogP contribution is 2.18. The average molecular weight is 212 g/mol. The predicted octanol–water partition coefficient (Wildman–Crippen LogP) is 3.26. The van der Waals surface area contributed by atoms with Gasteiger partial charge in [-0.3, -0.25) is 0 Å². The van der Waals surface area contributed by atoms with Gasteiger partial charge in [-0.05, 0) is 6.42 Å². The van der Waals surface area contributed by atoms with E-state index in [9.17, 15) is 8.78 Å². The van der Waals surface area contributed by atoms with Gasteiger partial charge in [0.15, 0.2) is 0 Å². The highest BCUT2D eigenvalue weighted by atomic mass is 19.3. The molecule has 0 aliphatic carbocycles. The van der Waals surface area contributed by atoms with Crippen LogP contribution in [0.1, 0.15) is 30.9 Å². The maximum Gasteiger partial charge on any atom is 0.263 e. The van der Waals surface area contributed by atoms with E-state index in [-0.39, 0.29) is 5.56 Å². The lowest BCUT2D eigenvalue weighted by atomic mass is 10.1. The Morgan fingerprint density at radius 2 is 2.00 bits per heavy atom. The SMILES string of the molecule is CCCO/N=[C]\c1ccc(C(F)F)cc1. The second-order valence-electron chi connectivity index (χ2n) is 2.96. The summed E-state index contributed by atoms with van der Waals surface area (Å²) in [5.74, 6) is 0. The lowest BCUT2D eigenvalue weighted by Crippen LogP contribution is -1.88. The first-order valence-corrected chi connectivity index (χ1v) is 4.70. The van der Waals surface area contributed by atoms with Crippen LogP contribution < -0.4 is 0 Å². The number of hydrogen-bond acceptors (Lipinski definition) is 2. The van der Waals surface area contributed by atoms with E-state index in [4.69, 9.17) is 4.84 Å². The Morgan fingerprint density at radius 3 is 2.53 bits per heavy atom. The molecular formula is C11H12F2NO. The fourth-order valence-electron chi connectivity index (χ4n) is 0.925. The first kappa shape index (κ1) is 11.6. The van der Waals surface area contributed by atoms with Crippen molar-refractivity contribution in [3.05, 3.63) is 35.4 Å². The van der Waals surface area contributed by atoms with Crippen LogP contribution in [-0.4, -0.2) is 12.8 Å². The van der Waals surface area contributed by atoms with Crippen LogP contribution in [0.5, 0.6) is 0 Å². The van der Waals surface area contributed by atoms with E-state index in [2.05, 4.69) is 11.4 Å². The molecule has 0 spiro atoms. The van der Waals surface area contributed by atoms with Crippen molar-refractivity contribution in [2.24, 2.45) is 5.16 Å². The van der Waals surface area contributed by atoms with Crippen LogP contribution in [0.25, 0.3) is 0 Å². The third-order valence-electron chi connectivity index (χ3n) is 1.70. The summed E-state index contributed by atoms with van der Waals surface area (Å²) in [4.78, 5) is 4.83. The zero-order valence-electron chi connectivity index (χ0n) is 8.41. The zero-order valence-corrected chi connectivity index (χ0v) is 8.41. The molecule has 0 aliphatic rings. The molecule has 0 saturated heterocycles. The van der Waals surface area contributed by atoms with Gasteiger partial charge in [0.05, 0.1) is 0 Å². The largest absolute Gasteiger partial charge is 0.395 e. The van der Waals surface area contributed by atoms with E-state index in [0.717, 1.165) is 6.42 Å². The van der Waals surface area contributed by atoms with Crippen molar-refractivity contribution in [3.63, 3.8) is 0 Å². The zero-order chi connectivity index (χ0) is 11.1. The van der Waals surface area contributed by atoms with Gasteiger partial charge in [-0.25, -0.2) is 8.78 Å². The maximum absolute atomic E-state index is 12.2. The molecule has 0 heterocycles. The van der Waals surface area contributed by atoms with Gasteiger partial charge in [-0.2, -0.15) is 0 Å². The van der Waals surface area contributed by atoms with Crippen LogP contribution in [0, 0.1) is 0 Å². The summed E-state index contributed by atoms with van der Waals surface area (Å²) in [6, 6.07) is 5.76. The molecule has 1 radical (unpaired) electrons. The minimum absolute atomic E-state index is 0.00461. The monoisotopic (exact) mass is 212 g/mol. The van der Waals surface area contributed by atoms with Gasteiger partial charge >= 0.3 is 0 Å². The van der Waals surface area contributed by atoms with E-state index in [1.54, 1.807) is 0 Å². The van der Waals surface area contributed by atoms with Crippen molar-refractivity contribution in [2.45, 2.75) is 19.8 Å². The summed E-state index contributed by atoms with van der Waals surface area (Å²) < 4.78 is 24.4. The first-order chi connectivity index (χ1) is 7.24. The van der Waals surface area contributed by atoms with Crippen LogP contribution in [0.4, 0.5) is 8.78 Å². The maximum atomic E-state index is 12.2. The van der Waals surface area contributed by atoms with Crippen molar-refractivity contribution in [1.29, 1.82) is 0 Å². The van der Waals surface area contributed by atoms with Gasteiger partial charge < -0.3 is 4.84 Å². The van der Waals surface area contributed by atoms with Crippen LogP contribution in [0.3, 0.4) is 0 Å². The van der Waals surface area contributed by atoms with Crippen molar-refractivity contribution < 1.29 is 13.6 Å². The van der Waals surface area contributed by atoms with Gasteiger partial charge in [0.25, 0.3) is 6.43 Å². The Kier molecular flexibility index (Phi) is 4.74. The van der Waals surface area contributed by atoms with Gasteiger partial charge in [0.2, 0.25) is 0 Å². The van der Waals surface area contributed by atoms with Crippen molar-refractivity contribution in [3.8, 4) is 0 Å². The number of nitrogens with zero attached hydrogens (tertiary/aromatic N) is 1. The normalized spacial score (nSPS) is 11.2. The van der Waals surface area contributed by atoms with E-state index in [0.29, 0.717) is 12.2 Å². The fourth-order valence-corrected chi connectivity index (χ4v) is 0.925. The van der Waals surface area contributed by atoms with Crippen molar-refractivity contribution in [2.75, 3.05) is 6.61 Å². The molecule has 0 fully saturated rings. The summed E-state index contributed by atoms with van der Waals surface area (Å²) >= 11 is 0. The standard InChI is InChI=1S/C11H12F2NO/c1-2-7-15-14-8-9-3-5-10(6-4-9)11(12)13/h3-6,11H,2,7H2,1H3. The fraction of sp³-hybridized carbons (Fsp3) is 0.364. The van der Waals surface area contributed by atoms with Crippen molar-refractivity contribution in [1.82, 2.24) is 0 Å². The van der Waals surface area contributed by atoms with E-state index < -0.39 is 6.43 Å². The quantitative estimate of drug-likeness (QED) is 0.417. The third-order valence-corrected chi connectivity index (χ3v) is 1.70. The molecule has 0 N–H and O–H groups in total. The molecule has 4 heteroatoms. The van der Waals surface area contributed by atoms with Gasteiger partial charge in [-0.1, -0.05) is 36.3 Å². The molecule has 0 unspecified atom stereocenters. The summed E-state index contributed by atoms with van der Waals surface area (Å²) in [7, 11) is 0. The highest BCUT2D eigenvalue weighted by molar-refractivity contribution is 5.79. The Balaban J connectivity index is 2.53. The Labute approximate surface area is 87.6 Å². The summed E-state index contributed by atoms with van der Waals surface area (Å²) in [5, 5.41) is 3.57. The van der Waals surface area contributed by atoms with Gasteiger partial charge in [0.1, 0.15) is 12.8 Å². The minimum Gasteiger partial charge on any atom is -0.395 e. The Bertz CT molecular complexity index is 309. The highest BCUT2D eigenvalue weighted by Gasteiger charge is 2.04. The third kappa shape index (κ3) is 4.06. The molecule has 1 aromatic carbocycles. The van der Waals surface area contributed by atoms with Crippen LogP contribution in [0.15, 0.2) is 29.4 Å². The van der Waals surface area contributed by atoms with E-state index in [1.165, 1.54) is 24.3 Å². The predicted molar refractivity (Wildman–Crippen MR) is 54.2 cm³/mol. The summed E-state index contributed by atoms with van der Waals surface area (Å²) in [5.41, 5.74) is 0.616. The average Bonchev–Trinajstić information content (AvgIpc) is 2.25. The molecule has 0 aliphatic heterocycles. The number of hydrogen-bond donors (Lipinski definition) is 0. The van der Waals surface area contributed by atoms with E-state index in [1.807, 2.05) is 6.92 Å².